The van der Waals surface area contributed by atoms with Crippen LogP contribution in [0.2, 0.25) is 0 Å². The van der Waals surface area contributed by atoms with Crippen LogP contribution >= 0.6 is 0 Å². The number of nitrogens with one attached hydrogen (secondary N) is 1. The standard InChI is InChI=1S/C21H26N6O/c1-2-6-18(17-7-4-3-5-8-17)23-21(28)26-15-13-25(14-16-26)20-10-9-19-22-11-12-27(19)24-20/h3-5,7-12,18H,2,6,13-16H2,1H3,(H,23,28)/t18-/m0/s1. The third kappa shape index (κ3) is 3.93. The lowest BCUT2D eigenvalue weighted by atomic mass is 10.0. The first kappa shape index (κ1) is 18.3. The van der Waals surface area contributed by atoms with Crippen LogP contribution in [-0.4, -0.2) is 51.7 Å². The van der Waals surface area contributed by atoms with Crippen LogP contribution in [0.25, 0.3) is 5.65 Å². The maximum Gasteiger partial charge on any atom is 0.318 e. The number of imidazole rings is 1. The second-order valence-electron chi connectivity index (χ2n) is 7.10. The van der Waals surface area contributed by atoms with Gasteiger partial charge in [-0.15, -0.1) is 5.10 Å². The summed E-state index contributed by atoms with van der Waals surface area (Å²) in [6.45, 7) is 5.05. The van der Waals surface area contributed by atoms with Crippen molar-refractivity contribution in [2.45, 2.75) is 25.8 Å². The van der Waals surface area contributed by atoms with Gasteiger partial charge in [0.1, 0.15) is 5.82 Å². The fourth-order valence-electron chi connectivity index (χ4n) is 3.65. The molecule has 4 rings (SSSR count). The van der Waals surface area contributed by atoms with E-state index in [4.69, 9.17) is 0 Å². The molecule has 7 nitrogen and oxygen atoms in total. The van der Waals surface area contributed by atoms with Crippen LogP contribution in [-0.2, 0) is 0 Å². The van der Waals surface area contributed by atoms with E-state index in [-0.39, 0.29) is 12.1 Å². The molecule has 3 aromatic rings. The van der Waals surface area contributed by atoms with E-state index in [1.807, 2.05) is 41.4 Å². The minimum Gasteiger partial charge on any atom is -0.352 e. The molecule has 28 heavy (non-hydrogen) atoms. The van der Waals surface area contributed by atoms with Gasteiger partial charge in [-0.1, -0.05) is 43.7 Å². The summed E-state index contributed by atoms with van der Waals surface area (Å²) in [5.74, 6) is 0.915. The molecule has 1 fully saturated rings. The van der Waals surface area contributed by atoms with Gasteiger partial charge in [-0.2, -0.15) is 0 Å². The Morgan fingerprint density at radius 3 is 2.64 bits per heavy atom. The van der Waals surface area contributed by atoms with E-state index >= 15 is 0 Å². The molecule has 1 atom stereocenters. The third-order valence-electron chi connectivity index (χ3n) is 5.21. The zero-order valence-electron chi connectivity index (χ0n) is 16.2. The molecule has 0 saturated carbocycles. The zero-order chi connectivity index (χ0) is 19.3. The number of anilines is 1. The molecular formula is C21H26N6O. The van der Waals surface area contributed by atoms with Crippen molar-refractivity contribution >= 4 is 17.5 Å². The fourth-order valence-corrected chi connectivity index (χ4v) is 3.65. The molecule has 3 heterocycles. The first-order valence-electron chi connectivity index (χ1n) is 9.90. The Labute approximate surface area is 165 Å². The first-order chi connectivity index (χ1) is 13.7. The van der Waals surface area contributed by atoms with Crippen molar-refractivity contribution in [1.29, 1.82) is 0 Å². The summed E-state index contributed by atoms with van der Waals surface area (Å²) in [6, 6.07) is 14.2. The van der Waals surface area contributed by atoms with Crippen LogP contribution in [0.4, 0.5) is 10.6 Å². The molecule has 0 unspecified atom stereocenters. The van der Waals surface area contributed by atoms with Gasteiger partial charge >= 0.3 is 6.03 Å². The summed E-state index contributed by atoms with van der Waals surface area (Å²) in [5.41, 5.74) is 2.00. The van der Waals surface area contributed by atoms with Crippen molar-refractivity contribution in [1.82, 2.24) is 24.8 Å². The van der Waals surface area contributed by atoms with Gasteiger partial charge in [0.05, 0.1) is 6.04 Å². The lowest BCUT2D eigenvalue weighted by Crippen LogP contribution is -2.52. The van der Waals surface area contributed by atoms with Gasteiger partial charge in [-0.3, -0.25) is 0 Å². The van der Waals surface area contributed by atoms with Crippen LogP contribution in [0.15, 0.2) is 54.9 Å². The molecule has 2 aromatic heterocycles. The van der Waals surface area contributed by atoms with Gasteiger partial charge in [-0.25, -0.2) is 14.3 Å². The average Bonchev–Trinajstić information content (AvgIpc) is 3.22. The summed E-state index contributed by atoms with van der Waals surface area (Å²) in [5, 5.41) is 7.82. The number of benzene rings is 1. The van der Waals surface area contributed by atoms with Crippen LogP contribution < -0.4 is 10.2 Å². The Morgan fingerprint density at radius 1 is 1.11 bits per heavy atom. The van der Waals surface area contributed by atoms with Crippen molar-refractivity contribution < 1.29 is 4.79 Å². The highest BCUT2D eigenvalue weighted by atomic mass is 16.2. The van der Waals surface area contributed by atoms with Crippen LogP contribution in [0.1, 0.15) is 31.4 Å². The number of urea groups is 1. The predicted molar refractivity (Wildman–Crippen MR) is 109 cm³/mol. The number of hydrogen-bond acceptors (Lipinski definition) is 4. The van der Waals surface area contributed by atoms with Crippen LogP contribution in [0, 0.1) is 0 Å². The van der Waals surface area contributed by atoms with Gasteiger partial charge < -0.3 is 15.1 Å². The summed E-state index contributed by atoms with van der Waals surface area (Å²) in [4.78, 5) is 21.1. The molecule has 2 amide bonds. The molecule has 1 saturated heterocycles. The van der Waals surface area contributed by atoms with Crippen molar-refractivity contribution in [3.63, 3.8) is 0 Å². The van der Waals surface area contributed by atoms with Crippen molar-refractivity contribution in [2.24, 2.45) is 0 Å². The number of fused-ring (bicyclic) bond motifs is 1. The minimum atomic E-state index is 0.0139. The van der Waals surface area contributed by atoms with Gasteiger partial charge in [0.2, 0.25) is 0 Å². The Balaban J connectivity index is 1.36. The molecule has 1 aliphatic heterocycles. The van der Waals surface area contributed by atoms with Gasteiger partial charge in [0, 0.05) is 38.6 Å². The highest BCUT2D eigenvalue weighted by molar-refractivity contribution is 5.75. The summed E-state index contributed by atoms with van der Waals surface area (Å²) < 4.78 is 1.78. The Morgan fingerprint density at radius 2 is 1.89 bits per heavy atom. The Kier molecular flexibility index (Phi) is 5.41. The molecule has 7 heteroatoms. The average molecular weight is 378 g/mol. The third-order valence-corrected chi connectivity index (χ3v) is 5.21. The number of hydrogen-bond donors (Lipinski definition) is 1. The second-order valence-corrected chi connectivity index (χ2v) is 7.10. The maximum atomic E-state index is 12.8. The van der Waals surface area contributed by atoms with Crippen molar-refractivity contribution in [3.8, 4) is 0 Å². The predicted octanol–water partition coefficient (Wildman–Crippen LogP) is 3.10. The number of piperazine rings is 1. The number of nitrogens with zero attached hydrogens (tertiary/aromatic N) is 5. The van der Waals surface area contributed by atoms with E-state index in [2.05, 4.69) is 39.4 Å². The molecular weight excluding hydrogens is 352 g/mol. The van der Waals surface area contributed by atoms with Crippen LogP contribution in [0.3, 0.4) is 0 Å². The molecule has 0 bridgehead atoms. The lowest BCUT2D eigenvalue weighted by molar-refractivity contribution is 0.189. The van der Waals surface area contributed by atoms with E-state index in [9.17, 15) is 4.79 Å². The summed E-state index contributed by atoms with van der Waals surface area (Å²) >= 11 is 0. The highest BCUT2D eigenvalue weighted by Gasteiger charge is 2.24. The van der Waals surface area contributed by atoms with E-state index in [0.717, 1.165) is 43.0 Å². The topological polar surface area (TPSA) is 65.8 Å². The molecule has 146 valence electrons. The second kappa shape index (κ2) is 8.29. The Hall–Kier alpha value is -3.09. The molecule has 1 aromatic carbocycles. The Bertz CT molecular complexity index is 917. The normalized spacial score (nSPS) is 15.6. The SMILES string of the molecule is CCC[C@H](NC(=O)N1CCN(c2ccc3nccn3n2)CC1)c1ccccc1. The number of carbonyl (C=O) groups excluding carboxylic acids is 1. The molecule has 1 N–H and O–H groups in total. The van der Waals surface area contributed by atoms with Crippen molar-refractivity contribution in [2.75, 3.05) is 31.1 Å². The van der Waals surface area contributed by atoms with E-state index in [1.54, 1.807) is 10.7 Å². The first-order valence-corrected chi connectivity index (χ1v) is 9.90. The number of carbonyl (C=O) groups is 1. The van der Waals surface area contributed by atoms with E-state index in [1.165, 1.54) is 0 Å². The number of aromatic nitrogens is 3. The molecule has 0 spiro atoms. The largest absolute Gasteiger partial charge is 0.352 e. The van der Waals surface area contributed by atoms with Gasteiger partial charge in [-0.05, 0) is 24.1 Å². The lowest BCUT2D eigenvalue weighted by Gasteiger charge is -2.36. The van der Waals surface area contributed by atoms with Crippen LogP contribution in [0.5, 0.6) is 0 Å². The minimum absolute atomic E-state index is 0.0139. The number of rotatable bonds is 5. The zero-order valence-corrected chi connectivity index (χ0v) is 16.2. The van der Waals surface area contributed by atoms with Gasteiger partial charge in [0.25, 0.3) is 0 Å². The quantitative estimate of drug-likeness (QED) is 0.741. The summed E-state index contributed by atoms with van der Waals surface area (Å²) in [7, 11) is 0. The monoisotopic (exact) mass is 378 g/mol. The van der Waals surface area contributed by atoms with E-state index in [0.29, 0.717) is 13.1 Å². The molecule has 1 aliphatic rings. The van der Waals surface area contributed by atoms with Crippen molar-refractivity contribution in [3.05, 3.63) is 60.4 Å². The molecule has 0 radical (unpaired) electrons. The maximum absolute atomic E-state index is 12.8. The number of amides is 2. The highest BCUT2D eigenvalue weighted by Crippen LogP contribution is 2.19. The fraction of sp³-hybridized carbons (Fsp3) is 0.381. The smallest absolute Gasteiger partial charge is 0.318 e. The molecule has 0 aliphatic carbocycles. The summed E-state index contributed by atoms with van der Waals surface area (Å²) in [6.07, 6.45) is 5.55. The van der Waals surface area contributed by atoms with E-state index < -0.39 is 0 Å². The van der Waals surface area contributed by atoms with Gasteiger partial charge in [0.15, 0.2) is 5.65 Å².